The molecule has 3 aliphatic rings. The molecule has 8 nitrogen and oxygen atoms in total. The van der Waals surface area contributed by atoms with Crippen molar-refractivity contribution in [3.63, 3.8) is 0 Å². The summed E-state index contributed by atoms with van der Waals surface area (Å²) in [4.78, 5) is 25.3. The molecule has 152 valence electrons. The number of nitrogens with zero attached hydrogens (tertiary/aromatic N) is 4. The van der Waals surface area contributed by atoms with E-state index >= 15 is 0 Å². The molecule has 2 bridgehead atoms. The second-order valence-electron chi connectivity index (χ2n) is 8.51. The van der Waals surface area contributed by atoms with Gasteiger partial charge in [-0.2, -0.15) is 4.98 Å². The van der Waals surface area contributed by atoms with Crippen LogP contribution in [-0.2, 0) is 4.74 Å². The Morgan fingerprint density at radius 1 is 1.31 bits per heavy atom. The smallest absolute Gasteiger partial charge is 0.410 e. The van der Waals surface area contributed by atoms with E-state index < -0.39 is 5.60 Å². The summed E-state index contributed by atoms with van der Waals surface area (Å²) >= 11 is 1.48. The highest BCUT2D eigenvalue weighted by Crippen LogP contribution is 2.39. The SMILES string of the molecule is CC(C)(C)OC(=O)N1C2CC1CN(c1nc3cc(O)cc(-c4nccs4)c3o1)C2. The number of thiazole rings is 1. The first-order valence-electron chi connectivity index (χ1n) is 9.58. The molecule has 2 unspecified atom stereocenters. The number of oxazole rings is 1. The summed E-state index contributed by atoms with van der Waals surface area (Å²) in [5.74, 6) is 0.125. The van der Waals surface area contributed by atoms with Crippen molar-refractivity contribution in [2.24, 2.45) is 0 Å². The number of piperidine rings is 1. The molecule has 2 atom stereocenters. The van der Waals surface area contributed by atoms with Gasteiger partial charge in [-0.15, -0.1) is 11.3 Å². The molecule has 3 aromatic rings. The molecule has 1 aromatic carbocycles. The zero-order valence-corrected chi connectivity index (χ0v) is 17.3. The number of phenols is 1. The van der Waals surface area contributed by atoms with E-state index in [1.165, 1.54) is 11.3 Å². The van der Waals surface area contributed by atoms with Crippen molar-refractivity contribution in [3.8, 4) is 16.3 Å². The second kappa shape index (κ2) is 6.35. The number of amides is 1. The van der Waals surface area contributed by atoms with Crippen LogP contribution < -0.4 is 4.90 Å². The van der Waals surface area contributed by atoms with E-state index in [1.54, 1.807) is 18.3 Å². The maximum absolute atomic E-state index is 12.5. The van der Waals surface area contributed by atoms with Gasteiger partial charge in [-0.3, -0.25) is 4.90 Å². The van der Waals surface area contributed by atoms with Crippen molar-refractivity contribution in [3.05, 3.63) is 23.7 Å². The molecule has 9 heteroatoms. The third-order valence-corrected chi connectivity index (χ3v) is 6.00. The van der Waals surface area contributed by atoms with Crippen molar-refractivity contribution < 1.29 is 19.1 Å². The van der Waals surface area contributed by atoms with E-state index in [-0.39, 0.29) is 23.9 Å². The highest BCUT2D eigenvalue weighted by molar-refractivity contribution is 7.13. The summed E-state index contributed by atoms with van der Waals surface area (Å²) in [6, 6.07) is 3.92. The number of carbonyl (C=O) groups is 1. The quantitative estimate of drug-likeness (QED) is 0.681. The third-order valence-electron chi connectivity index (χ3n) is 5.19. The molecule has 29 heavy (non-hydrogen) atoms. The fourth-order valence-corrected chi connectivity index (χ4v) is 4.69. The number of aromatic nitrogens is 2. The zero-order chi connectivity index (χ0) is 20.3. The first-order valence-corrected chi connectivity index (χ1v) is 10.5. The summed E-state index contributed by atoms with van der Waals surface area (Å²) in [7, 11) is 0. The van der Waals surface area contributed by atoms with E-state index in [2.05, 4.69) is 14.9 Å². The third kappa shape index (κ3) is 3.19. The van der Waals surface area contributed by atoms with Crippen LogP contribution in [-0.4, -0.2) is 56.8 Å². The molecule has 3 aliphatic heterocycles. The molecule has 0 spiro atoms. The van der Waals surface area contributed by atoms with Crippen LogP contribution >= 0.6 is 11.3 Å². The van der Waals surface area contributed by atoms with E-state index in [0.717, 1.165) is 17.0 Å². The molecular formula is C20H22N4O4S. The van der Waals surface area contributed by atoms with Gasteiger partial charge in [0.1, 0.15) is 21.9 Å². The van der Waals surface area contributed by atoms with Gasteiger partial charge in [0.15, 0.2) is 5.58 Å². The van der Waals surface area contributed by atoms with Gasteiger partial charge >= 0.3 is 6.09 Å². The van der Waals surface area contributed by atoms with Crippen molar-refractivity contribution in [2.45, 2.75) is 44.9 Å². The van der Waals surface area contributed by atoms with Crippen molar-refractivity contribution in [1.29, 1.82) is 0 Å². The Kier molecular flexibility index (Phi) is 3.99. The largest absolute Gasteiger partial charge is 0.508 e. The van der Waals surface area contributed by atoms with E-state index in [9.17, 15) is 9.90 Å². The maximum Gasteiger partial charge on any atom is 0.410 e. The molecule has 0 saturated carbocycles. The number of ether oxygens (including phenoxy) is 1. The van der Waals surface area contributed by atoms with Gasteiger partial charge in [0.2, 0.25) is 0 Å². The maximum atomic E-state index is 12.5. The van der Waals surface area contributed by atoms with Crippen LogP contribution in [0.25, 0.3) is 21.7 Å². The normalized spacial score (nSPS) is 21.3. The molecular weight excluding hydrogens is 392 g/mol. The molecule has 3 saturated heterocycles. The zero-order valence-electron chi connectivity index (χ0n) is 16.5. The molecule has 6 rings (SSSR count). The molecule has 1 N–H and O–H groups in total. The number of fused-ring (bicyclic) bond motifs is 3. The average Bonchev–Trinajstić information content (AvgIpc) is 3.29. The van der Waals surface area contributed by atoms with Crippen LogP contribution in [0.3, 0.4) is 0 Å². The van der Waals surface area contributed by atoms with Gasteiger partial charge in [0, 0.05) is 30.7 Å². The van der Waals surface area contributed by atoms with E-state index in [4.69, 9.17) is 9.15 Å². The Hall–Kier alpha value is -2.81. The monoisotopic (exact) mass is 414 g/mol. The summed E-state index contributed by atoms with van der Waals surface area (Å²) < 4.78 is 11.6. The van der Waals surface area contributed by atoms with Crippen LogP contribution in [0, 0.1) is 0 Å². The predicted molar refractivity (Wildman–Crippen MR) is 109 cm³/mol. The lowest BCUT2D eigenvalue weighted by Gasteiger charge is -2.55. The van der Waals surface area contributed by atoms with Gasteiger partial charge in [-0.05, 0) is 33.3 Å². The van der Waals surface area contributed by atoms with Crippen LogP contribution in [0.2, 0.25) is 0 Å². The number of anilines is 1. The number of aromatic hydroxyl groups is 1. The lowest BCUT2D eigenvalue weighted by molar-refractivity contribution is -0.0386. The number of hydrogen-bond acceptors (Lipinski definition) is 8. The number of rotatable bonds is 2. The lowest BCUT2D eigenvalue weighted by Crippen LogP contribution is -2.70. The fraction of sp³-hybridized carbons (Fsp3) is 0.450. The Morgan fingerprint density at radius 2 is 2.07 bits per heavy atom. The van der Waals surface area contributed by atoms with E-state index in [1.807, 2.05) is 31.1 Å². The molecule has 1 amide bonds. The van der Waals surface area contributed by atoms with Crippen molar-refractivity contribution in [2.75, 3.05) is 18.0 Å². The first kappa shape index (κ1) is 18.2. The number of benzene rings is 1. The minimum absolute atomic E-state index is 0.0884. The predicted octanol–water partition coefficient (Wildman–Crippen LogP) is 3.85. The number of phenolic OH excluding ortho intramolecular Hbond substituents is 1. The number of piperazine rings is 1. The Bertz CT molecular complexity index is 1060. The van der Waals surface area contributed by atoms with E-state index in [0.29, 0.717) is 30.2 Å². The number of carbonyl (C=O) groups excluding carboxylic acids is 1. The molecule has 5 heterocycles. The molecule has 3 fully saturated rings. The molecule has 0 aliphatic carbocycles. The Labute approximate surface area is 171 Å². The first-order chi connectivity index (χ1) is 13.8. The minimum Gasteiger partial charge on any atom is -0.508 e. The highest BCUT2D eigenvalue weighted by atomic mass is 32.1. The van der Waals surface area contributed by atoms with Gasteiger partial charge in [-0.25, -0.2) is 9.78 Å². The second-order valence-corrected chi connectivity index (χ2v) is 9.41. The van der Waals surface area contributed by atoms with Gasteiger partial charge in [0.25, 0.3) is 6.01 Å². The Morgan fingerprint density at radius 3 is 2.72 bits per heavy atom. The van der Waals surface area contributed by atoms with Crippen LogP contribution in [0.4, 0.5) is 10.8 Å². The van der Waals surface area contributed by atoms with Crippen molar-refractivity contribution >= 4 is 34.5 Å². The van der Waals surface area contributed by atoms with Crippen molar-refractivity contribution in [1.82, 2.24) is 14.9 Å². The average molecular weight is 414 g/mol. The topological polar surface area (TPSA) is 91.9 Å². The summed E-state index contributed by atoms with van der Waals surface area (Å²) in [5.41, 5.74) is 1.42. The lowest BCUT2D eigenvalue weighted by atomic mass is 9.88. The minimum atomic E-state index is -0.505. The van der Waals surface area contributed by atoms with Gasteiger partial charge in [0.05, 0.1) is 17.6 Å². The van der Waals surface area contributed by atoms with Crippen LogP contribution in [0.5, 0.6) is 5.75 Å². The molecule has 0 radical (unpaired) electrons. The van der Waals surface area contributed by atoms with Gasteiger partial charge in [-0.1, -0.05) is 0 Å². The summed E-state index contributed by atoms with van der Waals surface area (Å²) in [6.45, 7) is 6.91. The highest BCUT2D eigenvalue weighted by Gasteiger charge is 2.49. The van der Waals surface area contributed by atoms with Crippen LogP contribution in [0.15, 0.2) is 28.1 Å². The number of hydrogen-bond donors (Lipinski definition) is 1. The summed E-state index contributed by atoms with van der Waals surface area (Å²) in [6.07, 6.45) is 2.42. The molecule has 2 aromatic heterocycles. The Balaban J connectivity index is 1.40. The summed E-state index contributed by atoms with van der Waals surface area (Å²) in [5, 5.41) is 12.7. The standard InChI is InChI=1S/C20H22N4O4S/c1-20(2,3)28-19(26)24-11-6-12(24)10-23(9-11)18-22-15-8-13(25)7-14(16(15)27-18)17-21-4-5-29-17/h4-5,7-8,11-12,25H,6,9-10H2,1-3H3. The van der Waals surface area contributed by atoms with Gasteiger partial charge < -0.3 is 19.2 Å². The van der Waals surface area contributed by atoms with Crippen LogP contribution in [0.1, 0.15) is 27.2 Å². The fourth-order valence-electron chi connectivity index (χ4n) is 4.04.